The van der Waals surface area contributed by atoms with Crippen LogP contribution in [0.15, 0.2) is 0 Å². The highest BCUT2D eigenvalue weighted by Gasteiger charge is 2.26. The fourth-order valence-corrected chi connectivity index (χ4v) is 1.07. The van der Waals surface area contributed by atoms with Crippen LogP contribution in [0.5, 0.6) is 0 Å². The summed E-state index contributed by atoms with van der Waals surface area (Å²) in [6.07, 6.45) is 1.09. The van der Waals surface area contributed by atoms with E-state index >= 15 is 0 Å². The molecule has 0 saturated heterocycles. The van der Waals surface area contributed by atoms with E-state index in [1.54, 1.807) is 0 Å². The van der Waals surface area contributed by atoms with Crippen molar-refractivity contribution in [1.82, 2.24) is 0 Å². The highest BCUT2D eigenvalue weighted by atomic mass is 16.3. The third-order valence-corrected chi connectivity index (χ3v) is 1.64. The maximum Gasteiger partial charge on any atom is 0.0571 e. The van der Waals surface area contributed by atoms with Gasteiger partial charge in [0.1, 0.15) is 0 Å². The molecule has 3 heteroatoms. The lowest BCUT2D eigenvalue weighted by Gasteiger charge is -2.05. The molecule has 1 rings (SSSR count). The van der Waals surface area contributed by atoms with Crippen molar-refractivity contribution >= 4 is 0 Å². The van der Waals surface area contributed by atoms with Crippen molar-refractivity contribution < 1.29 is 5.11 Å². The van der Waals surface area contributed by atoms with E-state index in [9.17, 15) is 0 Å². The van der Waals surface area contributed by atoms with Gasteiger partial charge in [-0.2, -0.15) is 0 Å². The van der Waals surface area contributed by atoms with Crippen LogP contribution < -0.4 is 11.5 Å². The lowest BCUT2D eigenvalue weighted by molar-refractivity contribution is 0.180. The van der Waals surface area contributed by atoms with Gasteiger partial charge < -0.3 is 16.6 Å². The molecule has 0 radical (unpaired) electrons. The van der Waals surface area contributed by atoms with Crippen LogP contribution in [0.1, 0.15) is 12.8 Å². The van der Waals surface area contributed by atoms with Crippen LogP contribution in [0.2, 0.25) is 0 Å². The molecule has 0 bridgehead atoms. The average molecular weight is 116 g/mol. The Balaban J connectivity index is 2.39. The second-order valence-corrected chi connectivity index (χ2v) is 2.45. The van der Waals surface area contributed by atoms with Gasteiger partial charge in [-0.3, -0.25) is 0 Å². The normalized spacial score (nSPS) is 47.6. The average Bonchev–Trinajstić information content (AvgIpc) is 1.85. The molecule has 0 unspecified atom stereocenters. The molecule has 0 aromatic heterocycles. The molecule has 3 nitrogen and oxygen atoms in total. The minimum atomic E-state index is -0.250. The molecule has 0 spiro atoms. The van der Waals surface area contributed by atoms with E-state index in [0.29, 0.717) is 12.8 Å². The minimum absolute atomic E-state index is 0.0185. The van der Waals surface area contributed by atoms with Gasteiger partial charge in [-0.1, -0.05) is 0 Å². The smallest absolute Gasteiger partial charge is 0.0571 e. The van der Waals surface area contributed by atoms with Gasteiger partial charge in [-0.05, 0) is 12.8 Å². The Morgan fingerprint density at radius 2 is 1.50 bits per heavy atom. The monoisotopic (exact) mass is 116 g/mol. The highest BCUT2D eigenvalue weighted by Crippen LogP contribution is 2.15. The van der Waals surface area contributed by atoms with Crippen molar-refractivity contribution in [2.24, 2.45) is 11.5 Å². The lowest BCUT2D eigenvalue weighted by Crippen LogP contribution is -2.35. The first-order valence-electron chi connectivity index (χ1n) is 2.89. The third-order valence-electron chi connectivity index (χ3n) is 1.64. The van der Waals surface area contributed by atoms with Crippen LogP contribution in [-0.2, 0) is 0 Å². The van der Waals surface area contributed by atoms with E-state index in [2.05, 4.69) is 0 Å². The van der Waals surface area contributed by atoms with Crippen LogP contribution >= 0.6 is 0 Å². The second kappa shape index (κ2) is 2.01. The summed E-state index contributed by atoms with van der Waals surface area (Å²) in [5.74, 6) is 0. The van der Waals surface area contributed by atoms with Gasteiger partial charge in [-0.15, -0.1) is 0 Å². The Labute approximate surface area is 48.7 Å². The number of aliphatic hydroxyl groups excluding tert-OH is 1. The molecular weight excluding hydrogens is 104 g/mol. The van der Waals surface area contributed by atoms with Crippen molar-refractivity contribution in [1.29, 1.82) is 0 Å². The molecule has 0 aromatic carbocycles. The van der Waals surface area contributed by atoms with Crippen molar-refractivity contribution in [3.8, 4) is 0 Å². The van der Waals surface area contributed by atoms with Gasteiger partial charge in [-0.25, -0.2) is 0 Å². The molecular formula is C5H12N2O. The third kappa shape index (κ3) is 0.992. The topological polar surface area (TPSA) is 72.3 Å². The molecule has 1 aliphatic rings. The molecule has 0 heterocycles. The zero-order chi connectivity index (χ0) is 6.15. The number of nitrogens with two attached hydrogens (primary N) is 2. The fourth-order valence-electron chi connectivity index (χ4n) is 1.07. The molecule has 48 valence electrons. The summed E-state index contributed by atoms with van der Waals surface area (Å²) < 4.78 is 0. The first-order valence-corrected chi connectivity index (χ1v) is 2.89. The van der Waals surface area contributed by atoms with Crippen molar-refractivity contribution in [3.05, 3.63) is 0 Å². The van der Waals surface area contributed by atoms with Gasteiger partial charge in [0.2, 0.25) is 0 Å². The fraction of sp³-hybridized carbons (Fsp3) is 1.00. The Morgan fingerprint density at radius 3 is 1.62 bits per heavy atom. The van der Waals surface area contributed by atoms with Crippen LogP contribution in [0.4, 0.5) is 0 Å². The first kappa shape index (κ1) is 6.01. The Kier molecular flexibility index (Phi) is 1.51. The predicted octanol–water partition coefficient (Wildman–Crippen LogP) is -1.20. The number of hydrogen-bond acceptors (Lipinski definition) is 3. The zero-order valence-electron chi connectivity index (χ0n) is 4.75. The highest BCUT2D eigenvalue weighted by molar-refractivity contribution is 4.88. The summed E-state index contributed by atoms with van der Waals surface area (Å²) in [5.41, 5.74) is 11.0. The summed E-state index contributed by atoms with van der Waals surface area (Å²) in [6, 6.07) is 0.0370. The first-order chi connectivity index (χ1) is 3.70. The van der Waals surface area contributed by atoms with Gasteiger partial charge in [0.15, 0.2) is 0 Å². The summed E-state index contributed by atoms with van der Waals surface area (Å²) >= 11 is 0. The minimum Gasteiger partial charge on any atom is -0.393 e. The SMILES string of the molecule is N[C@@H]1C[C@H](O)C[C@@H]1N. The molecule has 0 aromatic rings. The molecule has 8 heavy (non-hydrogen) atoms. The van der Waals surface area contributed by atoms with Crippen LogP contribution in [0, 0.1) is 0 Å². The molecule has 1 aliphatic carbocycles. The van der Waals surface area contributed by atoms with Crippen LogP contribution in [-0.4, -0.2) is 23.3 Å². The van der Waals surface area contributed by atoms with Crippen molar-refractivity contribution in [2.75, 3.05) is 0 Å². The van der Waals surface area contributed by atoms with E-state index in [1.807, 2.05) is 0 Å². The van der Waals surface area contributed by atoms with Gasteiger partial charge in [0.25, 0.3) is 0 Å². The molecule has 5 N–H and O–H groups in total. The molecule has 0 amide bonds. The van der Waals surface area contributed by atoms with E-state index < -0.39 is 0 Å². The van der Waals surface area contributed by atoms with E-state index in [0.717, 1.165) is 0 Å². The summed E-state index contributed by atoms with van der Waals surface area (Å²) in [7, 11) is 0. The van der Waals surface area contributed by atoms with E-state index in [4.69, 9.17) is 16.6 Å². The summed E-state index contributed by atoms with van der Waals surface area (Å²) in [5, 5.41) is 8.91. The lowest BCUT2D eigenvalue weighted by atomic mass is 10.2. The maximum absolute atomic E-state index is 8.91. The zero-order valence-corrected chi connectivity index (χ0v) is 4.75. The van der Waals surface area contributed by atoms with Gasteiger partial charge >= 0.3 is 0 Å². The molecule has 1 saturated carbocycles. The Hall–Kier alpha value is -0.120. The largest absolute Gasteiger partial charge is 0.393 e. The quantitative estimate of drug-likeness (QED) is 0.372. The number of rotatable bonds is 0. The van der Waals surface area contributed by atoms with Crippen LogP contribution in [0.3, 0.4) is 0 Å². The Morgan fingerprint density at radius 1 is 1.12 bits per heavy atom. The number of hydrogen-bond donors (Lipinski definition) is 3. The van der Waals surface area contributed by atoms with E-state index in [-0.39, 0.29) is 18.2 Å². The summed E-state index contributed by atoms with van der Waals surface area (Å²) in [6.45, 7) is 0. The van der Waals surface area contributed by atoms with Crippen molar-refractivity contribution in [2.45, 2.75) is 31.0 Å². The molecule has 0 aliphatic heterocycles. The Bertz CT molecular complexity index is 76.5. The molecule has 1 fully saturated rings. The number of aliphatic hydroxyl groups is 1. The van der Waals surface area contributed by atoms with Gasteiger partial charge in [0.05, 0.1) is 6.10 Å². The summed E-state index contributed by atoms with van der Waals surface area (Å²) in [4.78, 5) is 0. The molecule has 3 atom stereocenters. The second-order valence-electron chi connectivity index (χ2n) is 2.45. The van der Waals surface area contributed by atoms with E-state index in [1.165, 1.54) is 0 Å². The standard InChI is InChI=1S/C5H12N2O/c6-4-1-3(8)2-5(4)7/h3-5,8H,1-2,6-7H2/t3-,4+,5-. The maximum atomic E-state index is 8.91. The van der Waals surface area contributed by atoms with Crippen LogP contribution in [0.25, 0.3) is 0 Å². The van der Waals surface area contributed by atoms with Crippen molar-refractivity contribution in [3.63, 3.8) is 0 Å². The predicted molar refractivity (Wildman–Crippen MR) is 31.2 cm³/mol. The van der Waals surface area contributed by atoms with Gasteiger partial charge in [0, 0.05) is 12.1 Å².